The van der Waals surface area contributed by atoms with E-state index in [1.807, 2.05) is 39.0 Å². The number of ether oxygens (including phenoxy) is 2. The van der Waals surface area contributed by atoms with Gasteiger partial charge in [-0.3, -0.25) is 4.79 Å². The van der Waals surface area contributed by atoms with Crippen molar-refractivity contribution in [2.24, 2.45) is 5.92 Å². The molecule has 1 aromatic rings. The van der Waals surface area contributed by atoms with E-state index in [1.165, 1.54) is 0 Å². The third-order valence-corrected chi connectivity index (χ3v) is 3.53. The van der Waals surface area contributed by atoms with Crippen molar-refractivity contribution in [3.05, 3.63) is 23.8 Å². The number of hydrogen-bond acceptors (Lipinski definition) is 4. The minimum absolute atomic E-state index is 0.0760. The van der Waals surface area contributed by atoms with Crippen LogP contribution in [0.4, 0.5) is 0 Å². The van der Waals surface area contributed by atoms with Crippen molar-refractivity contribution in [1.29, 1.82) is 0 Å². The topological polar surface area (TPSA) is 67.8 Å². The molecule has 1 aromatic carbocycles. The van der Waals surface area contributed by atoms with Gasteiger partial charge in [0.05, 0.1) is 13.7 Å². The molecular weight excluding hydrogens is 270 g/mol. The van der Waals surface area contributed by atoms with Gasteiger partial charge in [0.15, 0.2) is 11.5 Å². The molecule has 0 radical (unpaired) electrons. The summed E-state index contributed by atoms with van der Waals surface area (Å²) in [5.41, 5.74) is 0.963. The fourth-order valence-electron chi connectivity index (χ4n) is 2.09. The van der Waals surface area contributed by atoms with E-state index < -0.39 is 12.0 Å². The summed E-state index contributed by atoms with van der Waals surface area (Å²) in [7, 11) is 1.59. The summed E-state index contributed by atoms with van der Waals surface area (Å²) in [5, 5.41) is 12.4. The minimum Gasteiger partial charge on any atom is -0.493 e. The van der Waals surface area contributed by atoms with Gasteiger partial charge in [-0.15, -0.1) is 0 Å². The average molecular weight is 295 g/mol. The molecule has 0 saturated heterocycles. The second-order valence-corrected chi connectivity index (χ2v) is 5.00. The van der Waals surface area contributed by atoms with Crippen LogP contribution >= 0.6 is 0 Å². The lowest BCUT2D eigenvalue weighted by Crippen LogP contribution is -2.41. The van der Waals surface area contributed by atoms with Crippen LogP contribution in [0.3, 0.4) is 0 Å². The molecule has 0 bridgehead atoms. The van der Waals surface area contributed by atoms with E-state index in [2.05, 4.69) is 5.32 Å². The average Bonchev–Trinajstić information content (AvgIpc) is 2.48. The number of methoxy groups -OCH3 is 1. The zero-order valence-electron chi connectivity index (χ0n) is 13.2. The third kappa shape index (κ3) is 4.93. The molecule has 0 spiro atoms. The number of aliphatic carboxylic acids is 1. The summed E-state index contributed by atoms with van der Waals surface area (Å²) in [6.07, 6.45) is 0.816. The van der Waals surface area contributed by atoms with Gasteiger partial charge in [0, 0.05) is 6.54 Å². The van der Waals surface area contributed by atoms with Crippen molar-refractivity contribution in [2.45, 2.75) is 39.8 Å². The first-order valence-electron chi connectivity index (χ1n) is 7.29. The molecule has 5 heteroatoms. The van der Waals surface area contributed by atoms with Crippen LogP contribution in [0.15, 0.2) is 18.2 Å². The molecule has 0 aromatic heterocycles. The van der Waals surface area contributed by atoms with Crippen molar-refractivity contribution in [1.82, 2.24) is 5.32 Å². The lowest BCUT2D eigenvalue weighted by atomic mass is 9.99. The van der Waals surface area contributed by atoms with E-state index in [1.54, 1.807) is 7.11 Å². The summed E-state index contributed by atoms with van der Waals surface area (Å²) in [5.74, 6) is 0.612. The molecule has 0 fully saturated rings. The summed E-state index contributed by atoms with van der Waals surface area (Å²) >= 11 is 0. The van der Waals surface area contributed by atoms with E-state index in [9.17, 15) is 9.90 Å². The first-order chi connectivity index (χ1) is 10.0. The maximum atomic E-state index is 11.3. The Kier molecular flexibility index (Phi) is 7.02. The quantitative estimate of drug-likeness (QED) is 0.733. The smallest absolute Gasteiger partial charge is 0.320 e. The van der Waals surface area contributed by atoms with Crippen LogP contribution in [0.2, 0.25) is 0 Å². The first kappa shape index (κ1) is 17.3. The minimum atomic E-state index is -0.817. The van der Waals surface area contributed by atoms with E-state index >= 15 is 0 Å². The SMILES string of the molecule is CCOc1ccc(CNC(C(=O)O)C(C)CC)cc1OC. The fourth-order valence-corrected chi connectivity index (χ4v) is 2.09. The summed E-state index contributed by atoms with van der Waals surface area (Å²) < 4.78 is 10.8. The van der Waals surface area contributed by atoms with Gasteiger partial charge in [-0.2, -0.15) is 0 Å². The van der Waals surface area contributed by atoms with Crippen LogP contribution in [0.1, 0.15) is 32.8 Å². The molecule has 0 aliphatic rings. The van der Waals surface area contributed by atoms with Gasteiger partial charge >= 0.3 is 5.97 Å². The second kappa shape index (κ2) is 8.52. The molecule has 118 valence electrons. The predicted octanol–water partition coefficient (Wildman–Crippen LogP) is 2.68. The number of carboxylic acid groups (broad SMARTS) is 1. The molecule has 0 saturated carbocycles. The molecule has 21 heavy (non-hydrogen) atoms. The second-order valence-electron chi connectivity index (χ2n) is 5.00. The fraction of sp³-hybridized carbons (Fsp3) is 0.562. The number of carboxylic acids is 1. The van der Waals surface area contributed by atoms with Crippen LogP contribution in [-0.2, 0) is 11.3 Å². The Bertz CT molecular complexity index is 462. The molecule has 0 heterocycles. The third-order valence-electron chi connectivity index (χ3n) is 3.53. The van der Waals surface area contributed by atoms with Crippen LogP contribution in [0, 0.1) is 5.92 Å². The number of benzene rings is 1. The van der Waals surface area contributed by atoms with Gasteiger partial charge < -0.3 is 19.9 Å². The van der Waals surface area contributed by atoms with E-state index in [0.717, 1.165) is 12.0 Å². The molecule has 0 aliphatic heterocycles. The summed E-state index contributed by atoms with van der Waals surface area (Å²) in [6.45, 7) is 6.89. The molecule has 0 aliphatic carbocycles. The highest BCUT2D eigenvalue weighted by Gasteiger charge is 2.22. The van der Waals surface area contributed by atoms with Crippen LogP contribution in [0.5, 0.6) is 11.5 Å². The lowest BCUT2D eigenvalue weighted by molar-refractivity contribution is -0.140. The Morgan fingerprint density at radius 1 is 1.33 bits per heavy atom. The van der Waals surface area contributed by atoms with Crippen molar-refractivity contribution in [3.8, 4) is 11.5 Å². The molecule has 0 amide bonds. The molecular formula is C16H25NO4. The predicted molar refractivity (Wildman–Crippen MR) is 81.9 cm³/mol. The first-order valence-corrected chi connectivity index (χ1v) is 7.29. The molecule has 2 unspecified atom stereocenters. The molecule has 5 nitrogen and oxygen atoms in total. The Hall–Kier alpha value is -1.75. The lowest BCUT2D eigenvalue weighted by Gasteiger charge is -2.20. The number of carbonyl (C=O) groups is 1. The highest BCUT2D eigenvalue weighted by Crippen LogP contribution is 2.28. The van der Waals surface area contributed by atoms with Gasteiger partial charge in [0.2, 0.25) is 0 Å². The maximum Gasteiger partial charge on any atom is 0.320 e. The monoisotopic (exact) mass is 295 g/mol. The van der Waals surface area contributed by atoms with Crippen molar-refractivity contribution in [3.63, 3.8) is 0 Å². The zero-order valence-corrected chi connectivity index (χ0v) is 13.2. The van der Waals surface area contributed by atoms with Crippen molar-refractivity contribution in [2.75, 3.05) is 13.7 Å². The molecule has 1 rings (SSSR count). The normalized spacial score (nSPS) is 13.5. The molecule has 2 N–H and O–H groups in total. The highest BCUT2D eigenvalue weighted by molar-refractivity contribution is 5.73. The van der Waals surface area contributed by atoms with Crippen molar-refractivity contribution < 1.29 is 19.4 Å². The van der Waals surface area contributed by atoms with E-state index in [-0.39, 0.29) is 5.92 Å². The number of hydrogen-bond donors (Lipinski definition) is 2. The Morgan fingerprint density at radius 2 is 2.05 bits per heavy atom. The summed E-state index contributed by atoms with van der Waals surface area (Å²) in [4.78, 5) is 11.3. The molecule has 2 atom stereocenters. The van der Waals surface area contributed by atoms with Gasteiger partial charge in [0.1, 0.15) is 6.04 Å². The van der Waals surface area contributed by atoms with E-state index in [4.69, 9.17) is 9.47 Å². The van der Waals surface area contributed by atoms with Crippen LogP contribution < -0.4 is 14.8 Å². The Labute approximate surface area is 126 Å². The standard InChI is InChI=1S/C16H25NO4/c1-5-11(3)15(16(18)19)17-10-12-7-8-13(21-6-2)14(9-12)20-4/h7-9,11,15,17H,5-6,10H2,1-4H3,(H,18,19). The van der Waals surface area contributed by atoms with Gasteiger partial charge in [0.25, 0.3) is 0 Å². The number of rotatable bonds is 9. The zero-order chi connectivity index (χ0) is 15.8. The summed E-state index contributed by atoms with van der Waals surface area (Å²) in [6, 6.07) is 5.08. The number of nitrogens with one attached hydrogen (secondary N) is 1. The maximum absolute atomic E-state index is 11.3. The van der Waals surface area contributed by atoms with Gasteiger partial charge in [-0.1, -0.05) is 26.3 Å². The largest absolute Gasteiger partial charge is 0.493 e. The van der Waals surface area contributed by atoms with Gasteiger partial charge in [-0.25, -0.2) is 0 Å². The van der Waals surface area contributed by atoms with Crippen molar-refractivity contribution >= 4 is 5.97 Å². The highest BCUT2D eigenvalue weighted by atomic mass is 16.5. The van der Waals surface area contributed by atoms with Gasteiger partial charge in [-0.05, 0) is 30.5 Å². The van der Waals surface area contributed by atoms with Crippen LogP contribution in [0.25, 0.3) is 0 Å². The Morgan fingerprint density at radius 3 is 2.57 bits per heavy atom. The van der Waals surface area contributed by atoms with E-state index in [0.29, 0.717) is 24.7 Å². The Balaban J connectivity index is 2.76. The van der Waals surface area contributed by atoms with Crippen LogP contribution in [-0.4, -0.2) is 30.8 Å².